The van der Waals surface area contributed by atoms with Gasteiger partial charge in [0, 0.05) is 12.6 Å². The summed E-state index contributed by atoms with van der Waals surface area (Å²) in [5.74, 6) is -2.99. The lowest BCUT2D eigenvalue weighted by Gasteiger charge is -2.23. The molecule has 0 fully saturated rings. The predicted octanol–water partition coefficient (Wildman–Crippen LogP) is 2.75. The largest absolute Gasteiger partial charge is 0.481 e. The third-order valence-electron chi connectivity index (χ3n) is 3.55. The predicted molar refractivity (Wildman–Crippen MR) is 68.7 cm³/mol. The monoisotopic (exact) mass is 271 g/mol. The number of carboxylic acid groups (broad SMARTS) is 1. The summed E-state index contributed by atoms with van der Waals surface area (Å²) in [5, 5.41) is 8.96. The molecule has 0 radical (unpaired) electrons. The summed E-state index contributed by atoms with van der Waals surface area (Å²) in [4.78, 5) is 10.9. The van der Waals surface area contributed by atoms with Crippen molar-refractivity contribution in [3.05, 3.63) is 35.4 Å². The summed E-state index contributed by atoms with van der Waals surface area (Å²) in [6, 6.07) is 3.38. The second-order valence-corrected chi connectivity index (χ2v) is 4.98. The van der Waals surface area contributed by atoms with Gasteiger partial charge < -0.3 is 10.8 Å². The zero-order valence-corrected chi connectivity index (χ0v) is 11.1. The van der Waals surface area contributed by atoms with Crippen molar-refractivity contribution in [3.63, 3.8) is 0 Å². The lowest BCUT2D eigenvalue weighted by atomic mass is 9.82. The fourth-order valence-electron chi connectivity index (χ4n) is 2.12. The number of nitrogens with two attached hydrogens (primary N) is 1. The van der Waals surface area contributed by atoms with Crippen LogP contribution in [0, 0.1) is 23.5 Å². The summed E-state index contributed by atoms with van der Waals surface area (Å²) < 4.78 is 26.3. The summed E-state index contributed by atoms with van der Waals surface area (Å²) in [7, 11) is 0. The van der Waals surface area contributed by atoms with Gasteiger partial charge in [-0.3, -0.25) is 4.79 Å². The molecule has 0 aliphatic rings. The van der Waals surface area contributed by atoms with Gasteiger partial charge in [-0.05, 0) is 36.0 Å². The Morgan fingerprint density at radius 3 is 2.21 bits per heavy atom. The molecule has 0 bridgehead atoms. The van der Waals surface area contributed by atoms with Gasteiger partial charge in [0.15, 0.2) is 0 Å². The molecule has 0 saturated heterocycles. The van der Waals surface area contributed by atoms with E-state index in [1.165, 1.54) is 12.1 Å². The molecule has 0 aliphatic heterocycles. The maximum atomic E-state index is 13.2. The van der Waals surface area contributed by atoms with E-state index in [0.717, 1.165) is 6.07 Å². The number of rotatable bonds is 6. The molecule has 0 aromatic heterocycles. The van der Waals surface area contributed by atoms with E-state index in [2.05, 4.69) is 0 Å². The molecule has 0 saturated carbocycles. The first kappa shape index (κ1) is 15.6. The standard InChI is InChI=1S/C14H19F2NO2/c1-8(3-11(7-17)14(18)19)9(2)10-4-12(15)6-13(16)5-10/h4-6,8-9,11H,3,7,17H2,1-2H3,(H,18,19). The smallest absolute Gasteiger partial charge is 0.307 e. The Bertz CT molecular complexity index is 431. The summed E-state index contributed by atoms with van der Waals surface area (Å²) in [6.07, 6.45) is 0.380. The lowest BCUT2D eigenvalue weighted by Crippen LogP contribution is -2.26. The van der Waals surface area contributed by atoms with Gasteiger partial charge in [-0.2, -0.15) is 0 Å². The normalized spacial score (nSPS) is 15.8. The molecular weight excluding hydrogens is 252 g/mol. The van der Waals surface area contributed by atoms with Crippen LogP contribution < -0.4 is 5.73 Å². The first-order chi connectivity index (χ1) is 8.85. The first-order valence-electron chi connectivity index (χ1n) is 6.24. The third kappa shape index (κ3) is 4.28. The Balaban J connectivity index is 2.81. The van der Waals surface area contributed by atoms with Crippen LogP contribution in [0.4, 0.5) is 8.78 Å². The van der Waals surface area contributed by atoms with Crippen molar-refractivity contribution >= 4 is 5.97 Å². The number of carboxylic acids is 1. The van der Waals surface area contributed by atoms with Crippen LogP contribution in [0.15, 0.2) is 18.2 Å². The molecule has 0 amide bonds. The first-order valence-corrected chi connectivity index (χ1v) is 6.24. The van der Waals surface area contributed by atoms with Crippen molar-refractivity contribution in [3.8, 4) is 0 Å². The topological polar surface area (TPSA) is 63.3 Å². The molecule has 5 heteroatoms. The minimum atomic E-state index is -0.938. The van der Waals surface area contributed by atoms with Gasteiger partial charge in [-0.15, -0.1) is 0 Å². The minimum Gasteiger partial charge on any atom is -0.481 e. The van der Waals surface area contributed by atoms with Crippen molar-refractivity contribution in [2.45, 2.75) is 26.2 Å². The van der Waals surface area contributed by atoms with Gasteiger partial charge in [-0.25, -0.2) is 8.78 Å². The van der Waals surface area contributed by atoms with Crippen LogP contribution in [-0.4, -0.2) is 17.6 Å². The summed E-state index contributed by atoms with van der Waals surface area (Å²) in [6.45, 7) is 3.75. The van der Waals surface area contributed by atoms with E-state index in [4.69, 9.17) is 10.8 Å². The van der Waals surface area contributed by atoms with E-state index in [-0.39, 0.29) is 18.4 Å². The fourth-order valence-corrected chi connectivity index (χ4v) is 2.12. The van der Waals surface area contributed by atoms with Crippen molar-refractivity contribution in [2.24, 2.45) is 17.6 Å². The van der Waals surface area contributed by atoms with Gasteiger partial charge in [0.05, 0.1) is 5.92 Å². The third-order valence-corrected chi connectivity index (χ3v) is 3.55. The number of benzene rings is 1. The average molecular weight is 271 g/mol. The quantitative estimate of drug-likeness (QED) is 0.836. The van der Waals surface area contributed by atoms with Crippen molar-refractivity contribution < 1.29 is 18.7 Å². The number of carbonyl (C=O) groups is 1. The van der Waals surface area contributed by atoms with Crippen LogP contribution in [0.25, 0.3) is 0 Å². The van der Waals surface area contributed by atoms with Gasteiger partial charge in [-0.1, -0.05) is 13.8 Å². The van der Waals surface area contributed by atoms with E-state index < -0.39 is 23.5 Å². The number of hydrogen-bond donors (Lipinski definition) is 2. The Kier molecular flexibility index (Phi) is 5.42. The molecule has 3 atom stereocenters. The zero-order chi connectivity index (χ0) is 14.6. The molecule has 106 valence electrons. The molecule has 3 nitrogen and oxygen atoms in total. The zero-order valence-electron chi connectivity index (χ0n) is 11.1. The minimum absolute atomic E-state index is 0.0363. The molecule has 1 aromatic carbocycles. The van der Waals surface area contributed by atoms with Gasteiger partial charge in [0.2, 0.25) is 0 Å². The van der Waals surface area contributed by atoms with E-state index in [9.17, 15) is 13.6 Å². The Hall–Kier alpha value is -1.49. The highest BCUT2D eigenvalue weighted by atomic mass is 19.1. The molecule has 1 aromatic rings. The van der Waals surface area contributed by atoms with Gasteiger partial charge in [0.25, 0.3) is 0 Å². The maximum absolute atomic E-state index is 13.2. The molecule has 1 rings (SSSR count). The molecular formula is C14H19F2NO2. The molecule has 0 aliphatic carbocycles. The fraction of sp³-hybridized carbons (Fsp3) is 0.500. The van der Waals surface area contributed by atoms with Crippen LogP contribution in [0.2, 0.25) is 0 Å². The SMILES string of the molecule is CC(CC(CN)C(=O)O)C(C)c1cc(F)cc(F)c1. The molecule has 3 N–H and O–H groups in total. The second-order valence-electron chi connectivity index (χ2n) is 4.98. The summed E-state index contributed by atoms with van der Waals surface area (Å²) >= 11 is 0. The second kappa shape index (κ2) is 6.61. The van der Waals surface area contributed by atoms with Crippen molar-refractivity contribution in [1.29, 1.82) is 0 Å². The Labute approximate surface area is 111 Å². The number of halogens is 2. The van der Waals surface area contributed by atoms with E-state index in [1.54, 1.807) is 0 Å². The van der Waals surface area contributed by atoms with Crippen LogP contribution >= 0.6 is 0 Å². The van der Waals surface area contributed by atoms with E-state index in [0.29, 0.717) is 12.0 Å². The average Bonchev–Trinajstić information content (AvgIpc) is 2.33. The van der Waals surface area contributed by atoms with Crippen LogP contribution in [-0.2, 0) is 4.79 Å². The van der Waals surface area contributed by atoms with Crippen molar-refractivity contribution in [2.75, 3.05) is 6.54 Å². The highest BCUT2D eigenvalue weighted by molar-refractivity contribution is 5.70. The van der Waals surface area contributed by atoms with E-state index >= 15 is 0 Å². The molecule has 0 spiro atoms. The number of aliphatic carboxylic acids is 1. The highest BCUT2D eigenvalue weighted by Gasteiger charge is 2.23. The lowest BCUT2D eigenvalue weighted by molar-refractivity contribution is -0.142. The van der Waals surface area contributed by atoms with Gasteiger partial charge >= 0.3 is 5.97 Å². The highest BCUT2D eigenvalue weighted by Crippen LogP contribution is 2.29. The molecule has 3 unspecified atom stereocenters. The Morgan fingerprint density at radius 1 is 1.26 bits per heavy atom. The Morgan fingerprint density at radius 2 is 1.79 bits per heavy atom. The van der Waals surface area contributed by atoms with Gasteiger partial charge in [0.1, 0.15) is 11.6 Å². The molecule has 0 heterocycles. The van der Waals surface area contributed by atoms with Crippen LogP contribution in [0.5, 0.6) is 0 Å². The van der Waals surface area contributed by atoms with Crippen LogP contribution in [0.3, 0.4) is 0 Å². The van der Waals surface area contributed by atoms with Crippen LogP contribution in [0.1, 0.15) is 31.7 Å². The number of hydrogen-bond acceptors (Lipinski definition) is 2. The van der Waals surface area contributed by atoms with E-state index in [1.807, 2.05) is 13.8 Å². The maximum Gasteiger partial charge on any atom is 0.307 e. The summed E-state index contributed by atoms with van der Waals surface area (Å²) in [5.41, 5.74) is 5.94. The molecule has 19 heavy (non-hydrogen) atoms. The van der Waals surface area contributed by atoms with Crippen molar-refractivity contribution in [1.82, 2.24) is 0 Å².